The summed E-state index contributed by atoms with van der Waals surface area (Å²) in [6, 6.07) is 9.10. The number of carbonyl (C=O) groups is 2. The zero-order valence-corrected chi connectivity index (χ0v) is 19.8. The second-order valence-corrected chi connectivity index (χ2v) is 9.22. The first-order chi connectivity index (χ1) is 15.4. The van der Waals surface area contributed by atoms with Gasteiger partial charge in [-0.25, -0.2) is 0 Å². The van der Waals surface area contributed by atoms with E-state index in [4.69, 9.17) is 15.2 Å². The summed E-state index contributed by atoms with van der Waals surface area (Å²) in [7, 11) is 3.03. The quantitative estimate of drug-likeness (QED) is 0.465. The highest BCUT2D eigenvalue weighted by Crippen LogP contribution is 2.30. The predicted octanol–water partition coefficient (Wildman–Crippen LogP) is 2.92. The van der Waals surface area contributed by atoms with Gasteiger partial charge in [0.15, 0.2) is 5.78 Å². The highest BCUT2D eigenvalue weighted by atomic mass is 16.7. The molecule has 1 unspecified atom stereocenters. The summed E-state index contributed by atoms with van der Waals surface area (Å²) in [5, 5.41) is 0. The van der Waals surface area contributed by atoms with Gasteiger partial charge in [-0.2, -0.15) is 0 Å². The maximum atomic E-state index is 13.6. The van der Waals surface area contributed by atoms with Crippen molar-refractivity contribution in [2.75, 3.05) is 27.3 Å². The number of hydrogen-bond donors (Lipinski definition) is 1. The Labute approximate surface area is 192 Å². The van der Waals surface area contributed by atoms with E-state index in [2.05, 4.69) is 29.2 Å². The van der Waals surface area contributed by atoms with Gasteiger partial charge in [-0.15, -0.1) is 0 Å². The summed E-state index contributed by atoms with van der Waals surface area (Å²) < 4.78 is 11.2. The second-order valence-electron chi connectivity index (χ2n) is 9.22. The molecule has 1 heterocycles. The fourth-order valence-corrected chi connectivity index (χ4v) is 5.08. The van der Waals surface area contributed by atoms with Gasteiger partial charge >= 0.3 is 0 Å². The zero-order chi connectivity index (χ0) is 23.1. The summed E-state index contributed by atoms with van der Waals surface area (Å²) in [5.74, 6) is -1.92. The van der Waals surface area contributed by atoms with Crippen molar-refractivity contribution in [1.29, 1.82) is 0 Å². The van der Waals surface area contributed by atoms with Crippen LogP contribution < -0.4 is 5.73 Å². The number of likely N-dealkylation sites (tertiary alicyclic amines) is 1. The minimum Gasteiger partial charge on any atom is -0.336 e. The van der Waals surface area contributed by atoms with Crippen LogP contribution in [0.3, 0.4) is 0 Å². The SMILES string of the molecule is COC(C)(OC)N(C(=O)C(N)C(=O)C1CCCCC1)C1CCN(Cc2ccccc2)CC1. The predicted molar refractivity (Wildman–Crippen MR) is 124 cm³/mol. The average Bonchev–Trinajstić information content (AvgIpc) is 2.85. The molecule has 2 N–H and O–H groups in total. The van der Waals surface area contributed by atoms with Gasteiger partial charge in [-0.3, -0.25) is 19.4 Å². The smallest absolute Gasteiger partial charge is 0.251 e. The van der Waals surface area contributed by atoms with Crippen molar-refractivity contribution >= 4 is 11.7 Å². The van der Waals surface area contributed by atoms with E-state index in [-0.39, 0.29) is 17.7 Å². The van der Waals surface area contributed by atoms with Crippen LogP contribution in [0.2, 0.25) is 0 Å². The molecule has 0 radical (unpaired) electrons. The monoisotopic (exact) mass is 445 g/mol. The molecule has 1 saturated carbocycles. The van der Waals surface area contributed by atoms with E-state index >= 15 is 0 Å². The summed E-state index contributed by atoms with van der Waals surface area (Å²) in [6.07, 6.45) is 6.37. The van der Waals surface area contributed by atoms with Crippen LogP contribution in [-0.2, 0) is 25.6 Å². The van der Waals surface area contributed by atoms with Gasteiger partial charge < -0.3 is 15.2 Å². The Morgan fingerprint density at radius 3 is 2.22 bits per heavy atom. The topological polar surface area (TPSA) is 85.1 Å². The lowest BCUT2D eigenvalue weighted by molar-refractivity contribution is -0.287. The summed E-state index contributed by atoms with van der Waals surface area (Å²) in [6.45, 7) is 4.30. The molecular formula is C25H39N3O4. The summed E-state index contributed by atoms with van der Waals surface area (Å²) in [4.78, 5) is 30.6. The Morgan fingerprint density at radius 2 is 1.66 bits per heavy atom. The minimum absolute atomic E-state index is 0.107. The molecule has 1 aromatic carbocycles. The largest absolute Gasteiger partial charge is 0.336 e. The van der Waals surface area contributed by atoms with Crippen LogP contribution in [0.4, 0.5) is 0 Å². The van der Waals surface area contributed by atoms with Gasteiger partial charge in [-0.1, -0.05) is 49.6 Å². The molecule has 1 amide bonds. The van der Waals surface area contributed by atoms with E-state index in [0.717, 1.165) is 64.6 Å². The number of hydrogen-bond acceptors (Lipinski definition) is 6. The Kier molecular flexibility index (Phi) is 8.82. The number of nitrogens with zero attached hydrogens (tertiary/aromatic N) is 2. The number of benzene rings is 1. The first kappa shape index (κ1) is 24.8. The van der Waals surface area contributed by atoms with E-state index < -0.39 is 17.9 Å². The van der Waals surface area contributed by atoms with Crippen molar-refractivity contribution in [1.82, 2.24) is 9.80 Å². The Hall–Kier alpha value is -1.80. The van der Waals surface area contributed by atoms with E-state index in [1.54, 1.807) is 11.8 Å². The number of methoxy groups -OCH3 is 2. The molecule has 0 spiro atoms. The van der Waals surface area contributed by atoms with Crippen molar-refractivity contribution in [3.63, 3.8) is 0 Å². The highest BCUT2D eigenvalue weighted by Gasteiger charge is 2.45. The first-order valence-electron chi connectivity index (χ1n) is 11.9. The van der Waals surface area contributed by atoms with Gasteiger partial charge in [0.2, 0.25) is 0 Å². The Bertz CT molecular complexity index is 739. The highest BCUT2D eigenvalue weighted by molar-refractivity contribution is 6.06. The summed E-state index contributed by atoms with van der Waals surface area (Å²) >= 11 is 0. The number of ketones is 1. The Balaban J connectivity index is 1.70. The van der Waals surface area contributed by atoms with E-state index in [9.17, 15) is 9.59 Å². The fraction of sp³-hybridized carbons (Fsp3) is 0.680. The van der Waals surface area contributed by atoms with Gasteiger partial charge in [0.05, 0.1) is 0 Å². The zero-order valence-electron chi connectivity index (χ0n) is 19.8. The lowest BCUT2D eigenvalue weighted by Crippen LogP contribution is -2.64. The maximum Gasteiger partial charge on any atom is 0.251 e. The molecule has 178 valence electrons. The van der Waals surface area contributed by atoms with Crippen molar-refractivity contribution < 1.29 is 19.1 Å². The number of piperidine rings is 1. The molecule has 0 aromatic heterocycles. The number of ether oxygens (including phenoxy) is 2. The van der Waals surface area contributed by atoms with Gasteiger partial charge in [0.1, 0.15) is 6.04 Å². The van der Waals surface area contributed by atoms with Crippen LogP contribution in [0.1, 0.15) is 57.4 Å². The lowest BCUT2D eigenvalue weighted by Gasteiger charge is -2.46. The molecule has 7 nitrogen and oxygen atoms in total. The number of nitrogens with two attached hydrogens (primary N) is 1. The van der Waals surface area contributed by atoms with E-state index in [0.29, 0.717) is 0 Å². The molecule has 2 aliphatic rings. The number of Topliss-reactive ketones (excluding diaryl/α,β-unsaturated/α-hetero) is 1. The van der Waals surface area contributed by atoms with Crippen LogP contribution >= 0.6 is 0 Å². The molecule has 0 bridgehead atoms. The standard InChI is InChI=1S/C25H39N3O4/c1-25(31-2,32-3)28(24(30)22(26)23(29)20-12-8-5-9-13-20)21-14-16-27(17-15-21)18-19-10-6-4-7-11-19/h4,6-7,10-11,20-22H,5,8-9,12-18,26H2,1-3H3. The number of rotatable bonds is 9. The number of amides is 1. The van der Waals surface area contributed by atoms with Crippen LogP contribution in [0, 0.1) is 5.92 Å². The molecule has 3 rings (SSSR count). The van der Waals surface area contributed by atoms with Crippen molar-refractivity contribution in [3.8, 4) is 0 Å². The number of carbonyl (C=O) groups excluding carboxylic acids is 2. The molecule has 1 saturated heterocycles. The third kappa shape index (κ3) is 5.76. The van der Waals surface area contributed by atoms with E-state index in [1.807, 2.05) is 6.07 Å². The molecule has 7 heteroatoms. The van der Waals surface area contributed by atoms with Crippen LogP contribution in [-0.4, -0.2) is 66.8 Å². The van der Waals surface area contributed by atoms with Crippen molar-refractivity contribution in [3.05, 3.63) is 35.9 Å². The lowest BCUT2D eigenvalue weighted by atomic mass is 9.83. The molecule has 1 aromatic rings. The third-order valence-corrected chi connectivity index (χ3v) is 7.18. The van der Waals surface area contributed by atoms with Crippen LogP contribution in [0.15, 0.2) is 30.3 Å². The minimum atomic E-state index is -1.27. The Morgan fingerprint density at radius 1 is 1.06 bits per heavy atom. The van der Waals surface area contributed by atoms with E-state index in [1.165, 1.54) is 19.8 Å². The third-order valence-electron chi connectivity index (χ3n) is 7.18. The molecular weight excluding hydrogens is 406 g/mol. The first-order valence-corrected chi connectivity index (χ1v) is 11.9. The molecule has 32 heavy (non-hydrogen) atoms. The molecule has 1 aliphatic carbocycles. The normalized spacial score (nSPS) is 20.1. The molecule has 2 fully saturated rings. The van der Waals surface area contributed by atoms with Crippen molar-refractivity contribution in [2.24, 2.45) is 11.7 Å². The van der Waals surface area contributed by atoms with Crippen molar-refractivity contribution in [2.45, 2.75) is 76.4 Å². The fourth-order valence-electron chi connectivity index (χ4n) is 5.08. The van der Waals surface area contributed by atoms with Gasteiger partial charge in [0.25, 0.3) is 11.8 Å². The molecule has 1 aliphatic heterocycles. The second kappa shape index (κ2) is 11.4. The maximum absolute atomic E-state index is 13.6. The van der Waals surface area contributed by atoms with Gasteiger partial charge in [0, 0.05) is 52.7 Å². The van der Waals surface area contributed by atoms with Gasteiger partial charge in [-0.05, 0) is 31.2 Å². The summed E-state index contributed by atoms with van der Waals surface area (Å²) in [5.41, 5.74) is 7.55. The van der Waals surface area contributed by atoms with Crippen LogP contribution in [0.25, 0.3) is 0 Å². The van der Waals surface area contributed by atoms with Crippen LogP contribution in [0.5, 0.6) is 0 Å². The average molecular weight is 446 g/mol. The molecule has 1 atom stereocenters.